The van der Waals surface area contributed by atoms with Crippen molar-refractivity contribution in [1.29, 1.82) is 0 Å². The minimum atomic E-state index is -0.884. The summed E-state index contributed by atoms with van der Waals surface area (Å²) >= 11 is 0. The van der Waals surface area contributed by atoms with E-state index in [1.165, 1.54) is 24.3 Å². The van der Waals surface area contributed by atoms with Crippen LogP contribution in [0, 0.1) is 31.3 Å². The molecule has 3 heterocycles. The Morgan fingerprint density at radius 3 is 2.58 bits per heavy atom. The Morgan fingerprint density at radius 1 is 0.935 bits per heavy atom. The highest BCUT2D eigenvalue weighted by atomic mass is 19.2. The molecule has 4 nitrogen and oxygen atoms in total. The normalized spacial score (nSPS) is 13.5. The second kappa shape index (κ2) is 7.34. The summed E-state index contributed by atoms with van der Waals surface area (Å²) in [5, 5.41) is 0.662. The molecule has 4 aromatic rings. The molecule has 0 saturated carbocycles. The molecule has 0 bridgehead atoms. The van der Waals surface area contributed by atoms with Crippen molar-refractivity contribution in [2.45, 2.75) is 26.8 Å². The molecular formula is C24H19F3N4. The topological polar surface area (TPSA) is 41.9 Å². The van der Waals surface area contributed by atoms with Gasteiger partial charge in [-0.3, -0.25) is 4.98 Å². The predicted octanol–water partition coefficient (Wildman–Crippen LogP) is 5.29. The summed E-state index contributed by atoms with van der Waals surface area (Å²) in [6, 6.07) is 8.88. The molecule has 156 valence electrons. The van der Waals surface area contributed by atoms with E-state index in [2.05, 4.69) is 19.9 Å². The zero-order valence-corrected chi connectivity index (χ0v) is 17.1. The van der Waals surface area contributed by atoms with Gasteiger partial charge in [0.05, 0.1) is 5.52 Å². The standard InChI is InChI=1S/C24H19F3N4/c1-13-7-20(26)21(27)10-18(13)15-8-16-12-31(6-5-22(16)28-11-15)24-19-9-17(25)3-4-23(19)29-14(2)30-24/h3-4,7-11H,5-6,12H2,1-2H3. The number of aromatic nitrogens is 3. The van der Waals surface area contributed by atoms with Crippen LogP contribution in [0.5, 0.6) is 0 Å². The number of benzene rings is 2. The average molecular weight is 420 g/mol. The molecule has 1 aliphatic rings. The summed E-state index contributed by atoms with van der Waals surface area (Å²) in [5.74, 6) is -0.788. The molecule has 0 fully saturated rings. The maximum absolute atomic E-state index is 13.9. The average Bonchev–Trinajstić information content (AvgIpc) is 2.75. The largest absolute Gasteiger partial charge is 0.351 e. The van der Waals surface area contributed by atoms with E-state index in [0.717, 1.165) is 16.8 Å². The van der Waals surface area contributed by atoms with Crippen LogP contribution in [0.25, 0.3) is 22.0 Å². The monoisotopic (exact) mass is 420 g/mol. The van der Waals surface area contributed by atoms with Crippen molar-refractivity contribution in [2.75, 3.05) is 11.4 Å². The number of aryl methyl sites for hydroxylation is 2. The van der Waals surface area contributed by atoms with Gasteiger partial charge in [-0.15, -0.1) is 0 Å². The van der Waals surface area contributed by atoms with E-state index in [1.807, 2.05) is 13.0 Å². The summed E-state index contributed by atoms with van der Waals surface area (Å²) in [5.41, 5.74) is 4.61. The van der Waals surface area contributed by atoms with Crippen LogP contribution in [0.4, 0.5) is 19.0 Å². The summed E-state index contributed by atoms with van der Waals surface area (Å²) < 4.78 is 41.3. The first-order valence-corrected chi connectivity index (χ1v) is 10.0. The molecule has 0 N–H and O–H groups in total. The van der Waals surface area contributed by atoms with E-state index in [-0.39, 0.29) is 5.82 Å². The maximum Gasteiger partial charge on any atom is 0.159 e. The van der Waals surface area contributed by atoms with Crippen molar-refractivity contribution in [3.8, 4) is 11.1 Å². The van der Waals surface area contributed by atoms with E-state index in [9.17, 15) is 13.2 Å². The third-order valence-electron chi connectivity index (χ3n) is 5.67. The quantitative estimate of drug-likeness (QED) is 0.442. The highest BCUT2D eigenvalue weighted by Crippen LogP contribution is 2.32. The summed E-state index contributed by atoms with van der Waals surface area (Å²) in [6.45, 7) is 4.77. The predicted molar refractivity (Wildman–Crippen MR) is 113 cm³/mol. The molecule has 0 atom stereocenters. The SMILES string of the molecule is Cc1nc(N2CCc3ncc(-c4cc(F)c(F)cc4C)cc3C2)c2cc(F)ccc2n1. The number of halogens is 3. The first kappa shape index (κ1) is 19.5. The first-order valence-electron chi connectivity index (χ1n) is 10.0. The van der Waals surface area contributed by atoms with Crippen LogP contribution in [-0.4, -0.2) is 21.5 Å². The fraction of sp³-hybridized carbons (Fsp3) is 0.208. The van der Waals surface area contributed by atoms with Gasteiger partial charge in [-0.2, -0.15) is 0 Å². The molecule has 0 spiro atoms. The smallest absolute Gasteiger partial charge is 0.159 e. The van der Waals surface area contributed by atoms with Gasteiger partial charge >= 0.3 is 0 Å². The lowest BCUT2D eigenvalue weighted by Gasteiger charge is -2.30. The molecule has 0 unspecified atom stereocenters. The third-order valence-corrected chi connectivity index (χ3v) is 5.67. The van der Waals surface area contributed by atoms with Gasteiger partial charge in [-0.1, -0.05) is 0 Å². The Morgan fingerprint density at radius 2 is 1.74 bits per heavy atom. The molecule has 2 aromatic heterocycles. The lowest BCUT2D eigenvalue weighted by atomic mass is 9.97. The highest BCUT2D eigenvalue weighted by molar-refractivity contribution is 5.89. The van der Waals surface area contributed by atoms with E-state index >= 15 is 0 Å². The molecule has 0 radical (unpaired) electrons. The van der Waals surface area contributed by atoms with Crippen LogP contribution < -0.4 is 4.90 Å². The molecular weight excluding hydrogens is 401 g/mol. The maximum atomic E-state index is 13.9. The summed E-state index contributed by atoms with van der Waals surface area (Å²) in [6.07, 6.45) is 2.40. The second-order valence-corrected chi connectivity index (χ2v) is 7.84. The zero-order chi connectivity index (χ0) is 21.7. The summed E-state index contributed by atoms with van der Waals surface area (Å²) in [4.78, 5) is 15.7. The van der Waals surface area contributed by atoms with Crippen molar-refractivity contribution in [3.05, 3.63) is 82.7 Å². The molecule has 31 heavy (non-hydrogen) atoms. The van der Waals surface area contributed by atoms with Gasteiger partial charge in [-0.05, 0) is 66.9 Å². The number of fused-ring (bicyclic) bond motifs is 2. The summed E-state index contributed by atoms with van der Waals surface area (Å²) in [7, 11) is 0. The van der Waals surface area contributed by atoms with Gasteiger partial charge in [0.15, 0.2) is 11.6 Å². The Kier molecular flexibility index (Phi) is 4.61. The van der Waals surface area contributed by atoms with Crippen molar-refractivity contribution in [2.24, 2.45) is 0 Å². The van der Waals surface area contributed by atoms with E-state index in [1.54, 1.807) is 19.2 Å². The molecule has 0 saturated heterocycles. The Bertz CT molecular complexity index is 1340. The van der Waals surface area contributed by atoms with E-state index < -0.39 is 11.6 Å². The van der Waals surface area contributed by atoms with Crippen LogP contribution >= 0.6 is 0 Å². The van der Waals surface area contributed by atoms with Crippen molar-refractivity contribution in [3.63, 3.8) is 0 Å². The minimum absolute atomic E-state index is 0.337. The lowest BCUT2D eigenvalue weighted by molar-refractivity contribution is 0.508. The van der Waals surface area contributed by atoms with Gasteiger partial charge in [-0.25, -0.2) is 23.1 Å². The van der Waals surface area contributed by atoms with Gasteiger partial charge in [0, 0.05) is 42.4 Å². The van der Waals surface area contributed by atoms with Crippen LogP contribution in [0.1, 0.15) is 22.6 Å². The van der Waals surface area contributed by atoms with E-state index in [4.69, 9.17) is 0 Å². The fourth-order valence-corrected chi connectivity index (χ4v) is 4.15. The number of pyridine rings is 1. The van der Waals surface area contributed by atoms with Crippen LogP contribution in [0.15, 0.2) is 42.6 Å². The number of hydrogen-bond donors (Lipinski definition) is 0. The number of nitrogens with zero attached hydrogens (tertiary/aromatic N) is 4. The minimum Gasteiger partial charge on any atom is -0.351 e. The van der Waals surface area contributed by atoms with Crippen LogP contribution in [-0.2, 0) is 13.0 Å². The van der Waals surface area contributed by atoms with Gasteiger partial charge in [0.2, 0.25) is 0 Å². The molecule has 1 aliphatic heterocycles. The third kappa shape index (κ3) is 3.50. The van der Waals surface area contributed by atoms with Crippen molar-refractivity contribution >= 4 is 16.7 Å². The zero-order valence-electron chi connectivity index (χ0n) is 17.1. The number of rotatable bonds is 2. The van der Waals surface area contributed by atoms with Gasteiger partial charge < -0.3 is 4.90 Å². The first-order chi connectivity index (χ1) is 14.9. The van der Waals surface area contributed by atoms with Gasteiger partial charge in [0.25, 0.3) is 0 Å². The number of hydrogen-bond acceptors (Lipinski definition) is 4. The van der Waals surface area contributed by atoms with Crippen molar-refractivity contribution < 1.29 is 13.2 Å². The van der Waals surface area contributed by atoms with E-state index in [0.29, 0.717) is 53.2 Å². The Hall–Kier alpha value is -3.48. The molecule has 5 rings (SSSR count). The molecule has 7 heteroatoms. The van der Waals surface area contributed by atoms with Crippen molar-refractivity contribution in [1.82, 2.24) is 15.0 Å². The molecule has 2 aromatic carbocycles. The van der Waals surface area contributed by atoms with Crippen LogP contribution in [0.2, 0.25) is 0 Å². The number of anilines is 1. The second-order valence-electron chi connectivity index (χ2n) is 7.84. The Labute approximate surface area is 177 Å². The molecule has 0 amide bonds. The lowest BCUT2D eigenvalue weighted by Crippen LogP contribution is -2.32. The molecule has 0 aliphatic carbocycles. The highest BCUT2D eigenvalue weighted by Gasteiger charge is 2.22. The fourth-order valence-electron chi connectivity index (χ4n) is 4.15. The Balaban J connectivity index is 1.56. The van der Waals surface area contributed by atoms with Gasteiger partial charge in [0.1, 0.15) is 17.5 Å². The van der Waals surface area contributed by atoms with Crippen LogP contribution in [0.3, 0.4) is 0 Å².